The van der Waals surface area contributed by atoms with Crippen molar-refractivity contribution in [2.75, 3.05) is 18.1 Å². The van der Waals surface area contributed by atoms with Crippen LogP contribution in [0.4, 0.5) is 5.69 Å². The first-order valence-corrected chi connectivity index (χ1v) is 10.9. The normalized spacial score (nSPS) is 19.2. The summed E-state index contributed by atoms with van der Waals surface area (Å²) in [6.07, 6.45) is 2.06. The molecular formula is C24H22Cl3NO. The van der Waals surface area contributed by atoms with Gasteiger partial charge in [0.2, 0.25) is 0 Å². The first kappa shape index (κ1) is 20.4. The molecule has 2 atom stereocenters. The lowest BCUT2D eigenvalue weighted by Crippen LogP contribution is -2.40. The minimum atomic E-state index is 0.189. The summed E-state index contributed by atoms with van der Waals surface area (Å²) in [5, 5.41) is 2.10. The molecule has 4 rings (SSSR count). The third-order valence-corrected chi connectivity index (χ3v) is 6.20. The van der Waals surface area contributed by atoms with Gasteiger partial charge in [-0.15, -0.1) is 0 Å². The largest absolute Gasteiger partial charge is 0.493 e. The Bertz CT molecular complexity index is 946. The number of benzene rings is 3. The van der Waals surface area contributed by atoms with Crippen molar-refractivity contribution in [2.24, 2.45) is 5.92 Å². The highest BCUT2D eigenvalue weighted by molar-refractivity contribution is 6.35. The molecule has 1 saturated heterocycles. The highest BCUT2D eigenvalue weighted by atomic mass is 35.5. The summed E-state index contributed by atoms with van der Waals surface area (Å²) in [5.41, 5.74) is 2.24. The van der Waals surface area contributed by atoms with Crippen LogP contribution in [0.1, 0.15) is 24.4 Å². The summed E-state index contributed by atoms with van der Waals surface area (Å²) < 4.78 is 6.04. The van der Waals surface area contributed by atoms with E-state index >= 15 is 0 Å². The summed E-state index contributed by atoms with van der Waals surface area (Å²) in [7, 11) is 0. The maximum atomic E-state index is 6.56. The molecule has 2 unspecified atom stereocenters. The fourth-order valence-corrected chi connectivity index (χ4v) is 4.59. The van der Waals surface area contributed by atoms with E-state index in [4.69, 9.17) is 39.5 Å². The van der Waals surface area contributed by atoms with Crippen molar-refractivity contribution in [1.29, 1.82) is 0 Å². The summed E-state index contributed by atoms with van der Waals surface area (Å²) in [6, 6.07) is 23.9. The lowest BCUT2D eigenvalue weighted by atomic mass is 9.88. The highest BCUT2D eigenvalue weighted by Gasteiger charge is 2.31. The molecule has 2 nitrogen and oxygen atoms in total. The predicted molar refractivity (Wildman–Crippen MR) is 123 cm³/mol. The van der Waals surface area contributed by atoms with Gasteiger partial charge in [0.1, 0.15) is 5.75 Å². The topological polar surface area (TPSA) is 12.5 Å². The molecule has 1 aliphatic rings. The maximum absolute atomic E-state index is 6.56. The minimum absolute atomic E-state index is 0.189. The van der Waals surface area contributed by atoms with E-state index in [-0.39, 0.29) is 6.04 Å². The Hall–Kier alpha value is -1.87. The van der Waals surface area contributed by atoms with E-state index in [1.807, 2.05) is 60.7 Å². The van der Waals surface area contributed by atoms with Crippen LogP contribution in [-0.4, -0.2) is 13.2 Å². The molecular weight excluding hydrogens is 425 g/mol. The van der Waals surface area contributed by atoms with Gasteiger partial charge in [-0.2, -0.15) is 0 Å². The molecule has 3 aromatic rings. The second-order valence-corrected chi connectivity index (χ2v) is 8.66. The van der Waals surface area contributed by atoms with E-state index in [0.29, 0.717) is 22.6 Å². The zero-order chi connectivity index (χ0) is 20.2. The van der Waals surface area contributed by atoms with Crippen LogP contribution < -0.4 is 9.64 Å². The van der Waals surface area contributed by atoms with Crippen LogP contribution in [0.5, 0.6) is 5.75 Å². The third-order valence-electron chi connectivity index (χ3n) is 5.39. The lowest BCUT2D eigenvalue weighted by molar-refractivity contribution is 0.216. The second-order valence-electron chi connectivity index (χ2n) is 7.38. The number of anilines is 1. The fourth-order valence-electron chi connectivity index (χ4n) is 3.93. The SMILES string of the molecule is Clc1ccc(N2CC(COc3ccccc3)CCC2c2ccc(Cl)cc2Cl)cc1. The van der Waals surface area contributed by atoms with Gasteiger partial charge in [0.25, 0.3) is 0 Å². The van der Waals surface area contributed by atoms with Crippen LogP contribution in [-0.2, 0) is 0 Å². The summed E-state index contributed by atoms with van der Waals surface area (Å²) in [5.74, 6) is 1.33. The Morgan fingerprint density at radius 3 is 2.28 bits per heavy atom. The van der Waals surface area contributed by atoms with E-state index in [1.54, 1.807) is 0 Å². The van der Waals surface area contributed by atoms with Gasteiger partial charge in [0, 0.05) is 33.2 Å². The van der Waals surface area contributed by atoms with Gasteiger partial charge < -0.3 is 9.64 Å². The Morgan fingerprint density at radius 2 is 1.55 bits per heavy atom. The van der Waals surface area contributed by atoms with Gasteiger partial charge in [-0.3, -0.25) is 0 Å². The maximum Gasteiger partial charge on any atom is 0.119 e. The molecule has 0 saturated carbocycles. The van der Waals surface area contributed by atoms with Crippen molar-refractivity contribution in [3.63, 3.8) is 0 Å². The van der Waals surface area contributed by atoms with Gasteiger partial charge >= 0.3 is 0 Å². The zero-order valence-corrected chi connectivity index (χ0v) is 18.2. The molecule has 0 radical (unpaired) electrons. The van der Waals surface area contributed by atoms with Crippen molar-refractivity contribution in [2.45, 2.75) is 18.9 Å². The molecule has 5 heteroatoms. The van der Waals surface area contributed by atoms with Crippen LogP contribution in [0, 0.1) is 5.92 Å². The summed E-state index contributed by atoms with van der Waals surface area (Å²) in [4.78, 5) is 2.41. The van der Waals surface area contributed by atoms with Crippen LogP contribution in [0.15, 0.2) is 72.8 Å². The number of ether oxygens (including phenoxy) is 1. The number of halogens is 3. The van der Waals surface area contributed by atoms with Crippen molar-refractivity contribution in [3.05, 3.63) is 93.4 Å². The average molecular weight is 447 g/mol. The Labute approximate surface area is 187 Å². The Balaban J connectivity index is 1.56. The minimum Gasteiger partial charge on any atom is -0.493 e. The van der Waals surface area contributed by atoms with Crippen LogP contribution in [0.3, 0.4) is 0 Å². The van der Waals surface area contributed by atoms with E-state index in [1.165, 1.54) is 0 Å². The average Bonchev–Trinajstić information content (AvgIpc) is 2.74. The molecule has 1 fully saturated rings. The van der Waals surface area contributed by atoms with E-state index in [9.17, 15) is 0 Å². The summed E-state index contributed by atoms with van der Waals surface area (Å²) in [6.45, 7) is 1.58. The number of para-hydroxylation sites is 1. The number of nitrogens with zero attached hydrogens (tertiary/aromatic N) is 1. The molecule has 1 heterocycles. The van der Waals surface area contributed by atoms with Crippen LogP contribution >= 0.6 is 34.8 Å². The van der Waals surface area contributed by atoms with Gasteiger partial charge in [0.05, 0.1) is 12.6 Å². The monoisotopic (exact) mass is 445 g/mol. The number of piperidine rings is 1. The number of rotatable bonds is 5. The standard InChI is InChI=1S/C24H22Cl3NO/c25-18-7-10-20(11-8-18)28-15-17(16-29-21-4-2-1-3-5-21)6-13-24(28)22-12-9-19(26)14-23(22)27/h1-5,7-12,14,17,24H,6,13,15-16H2. The number of hydrogen-bond acceptors (Lipinski definition) is 2. The first-order chi connectivity index (χ1) is 14.1. The first-order valence-electron chi connectivity index (χ1n) is 9.75. The third kappa shape index (κ3) is 5.01. The Morgan fingerprint density at radius 1 is 0.828 bits per heavy atom. The number of hydrogen-bond donors (Lipinski definition) is 0. The molecule has 0 amide bonds. The van der Waals surface area contributed by atoms with Gasteiger partial charge in [-0.1, -0.05) is 59.1 Å². The van der Waals surface area contributed by atoms with Crippen molar-refractivity contribution >= 4 is 40.5 Å². The molecule has 29 heavy (non-hydrogen) atoms. The molecule has 3 aromatic carbocycles. The lowest BCUT2D eigenvalue weighted by Gasteiger charge is -2.42. The van der Waals surface area contributed by atoms with Crippen molar-refractivity contribution in [3.8, 4) is 5.75 Å². The van der Waals surface area contributed by atoms with Crippen molar-refractivity contribution < 1.29 is 4.74 Å². The van der Waals surface area contributed by atoms with Gasteiger partial charge in [-0.25, -0.2) is 0 Å². The smallest absolute Gasteiger partial charge is 0.119 e. The quantitative estimate of drug-likeness (QED) is 0.398. The van der Waals surface area contributed by atoms with E-state index in [2.05, 4.69) is 17.0 Å². The predicted octanol–water partition coefficient (Wildman–Crippen LogP) is 7.68. The zero-order valence-electron chi connectivity index (χ0n) is 15.9. The van der Waals surface area contributed by atoms with E-state index in [0.717, 1.165) is 41.4 Å². The Kier molecular flexibility index (Phi) is 6.54. The molecule has 1 aliphatic heterocycles. The molecule has 0 spiro atoms. The van der Waals surface area contributed by atoms with E-state index < -0.39 is 0 Å². The van der Waals surface area contributed by atoms with Crippen molar-refractivity contribution in [1.82, 2.24) is 0 Å². The fraction of sp³-hybridized carbons (Fsp3) is 0.250. The molecule has 0 aliphatic carbocycles. The molecule has 150 valence electrons. The van der Waals surface area contributed by atoms with Crippen LogP contribution in [0.2, 0.25) is 15.1 Å². The van der Waals surface area contributed by atoms with Gasteiger partial charge in [-0.05, 0) is 66.9 Å². The molecule has 0 N–H and O–H groups in total. The van der Waals surface area contributed by atoms with Crippen LogP contribution in [0.25, 0.3) is 0 Å². The molecule has 0 aromatic heterocycles. The highest BCUT2D eigenvalue weighted by Crippen LogP contribution is 2.40. The summed E-state index contributed by atoms with van der Waals surface area (Å²) >= 11 is 18.8. The van der Waals surface area contributed by atoms with Gasteiger partial charge in [0.15, 0.2) is 0 Å². The molecule has 0 bridgehead atoms. The second kappa shape index (κ2) is 9.30.